The zero-order chi connectivity index (χ0) is 23.7. The van der Waals surface area contributed by atoms with Crippen molar-refractivity contribution < 1.29 is 9.18 Å². The molecule has 6 atom stereocenters. The van der Waals surface area contributed by atoms with E-state index in [-0.39, 0.29) is 17.1 Å². The number of carbonyl (C=O) groups excluding carboxylic acids is 1. The largest absolute Gasteiger partial charge is 0.365 e. The van der Waals surface area contributed by atoms with Crippen LogP contribution in [0.2, 0.25) is 0 Å². The summed E-state index contributed by atoms with van der Waals surface area (Å²) in [4.78, 5) is 20.9. The van der Waals surface area contributed by atoms with Crippen molar-refractivity contribution in [1.82, 2.24) is 9.97 Å². The minimum Gasteiger partial charge on any atom is -0.365 e. The number of carbonyl (C=O) groups is 1. The van der Waals surface area contributed by atoms with Crippen LogP contribution in [0, 0.1) is 39.8 Å². The topological polar surface area (TPSA) is 141 Å². The summed E-state index contributed by atoms with van der Waals surface area (Å²) < 4.78 is 14.1. The van der Waals surface area contributed by atoms with Gasteiger partial charge in [-0.3, -0.25) is 10.2 Å². The minimum absolute atomic E-state index is 0.112. The quantitative estimate of drug-likeness (QED) is 0.299. The number of anilines is 4. The van der Waals surface area contributed by atoms with Gasteiger partial charge in [0, 0.05) is 29.6 Å². The van der Waals surface area contributed by atoms with E-state index in [1.807, 2.05) is 0 Å². The molecule has 0 saturated heterocycles. The molecule has 1 heterocycles. The summed E-state index contributed by atoms with van der Waals surface area (Å²) in [5.41, 5.74) is 9.76. The molecule has 6 N–H and O–H groups in total. The van der Waals surface area contributed by atoms with Gasteiger partial charge in [-0.25, -0.2) is 9.37 Å². The van der Waals surface area contributed by atoms with Gasteiger partial charge in [-0.2, -0.15) is 10.1 Å². The van der Waals surface area contributed by atoms with Gasteiger partial charge in [-0.1, -0.05) is 13.3 Å². The van der Waals surface area contributed by atoms with E-state index in [0.717, 1.165) is 18.1 Å². The van der Waals surface area contributed by atoms with Crippen molar-refractivity contribution in [1.29, 1.82) is 5.41 Å². The van der Waals surface area contributed by atoms with Crippen LogP contribution in [0.3, 0.4) is 0 Å². The fourth-order valence-corrected chi connectivity index (χ4v) is 7.06. The highest BCUT2D eigenvalue weighted by Crippen LogP contribution is 2.96. The molecule has 4 aliphatic rings. The molecule has 9 nitrogen and oxygen atoms in total. The average molecular weight is 463 g/mol. The third-order valence-electron chi connectivity index (χ3n) is 8.61. The summed E-state index contributed by atoms with van der Waals surface area (Å²) >= 11 is 0. The molecule has 0 aliphatic heterocycles. The molecule has 2 aromatic rings. The number of benzene rings is 1. The Bertz CT molecular complexity index is 1230. The molecule has 0 radical (unpaired) electrons. The van der Waals surface area contributed by atoms with Crippen LogP contribution in [0.4, 0.5) is 27.5 Å². The smallest absolute Gasteiger partial charge is 0.254 e. The molecule has 176 valence electrons. The maximum absolute atomic E-state index is 14.1. The molecule has 5 unspecified atom stereocenters. The van der Waals surface area contributed by atoms with Gasteiger partial charge in [-0.15, -0.1) is 0 Å². The average Bonchev–Trinajstić information content (AvgIpc) is 3.75. The first-order valence-corrected chi connectivity index (χ1v) is 11.7. The lowest BCUT2D eigenvalue weighted by Crippen LogP contribution is -2.33. The minimum atomic E-state index is -0.656. The number of halogens is 1. The molecule has 34 heavy (non-hydrogen) atoms. The van der Waals surface area contributed by atoms with Gasteiger partial charge >= 0.3 is 0 Å². The Morgan fingerprint density at radius 3 is 2.97 bits per heavy atom. The Kier molecular flexibility index (Phi) is 4.46. The molecule has 0 bridgehead atoms. The van der Waals surface area contributed by atoms with Crippen LogP contribution >= 0.6 is 0 Å². The van der Waals surface area contributed by atoms with Gasteiger partial charge in [0.15, 0.2) is 0 Å². The first kappa shape index (κ1) is 21.0. The van der Waals surface area contributed by atoms with Crippen LogP contribution in [0.15, 0.2) is 29.5 Å². The first-order valence-electron chi connectivity index (χ1n) is 11.7. The van der Waals surface area contributed by atoms with E-state index in [2.05, 4.69) is 38.1 Å². The van der Waals surface area contributed by atoms with Crippen LogP contribution in [0.5, 0.6) is 0 Å². The first-order chi connectivity index (χ1) is 16.4. The summed E-state index contributed by atoms with van der Waals surface area (Å²) in [6.45, 7) is 2.38. The van der Waals surface area contributed by atoms with Crippen LogP contribution in [0.1, 0.15) is 43.0 Å². The highest BCUT2D eigenvalue weighted by Gasteiger charge is 2.95. The Labute approximate surface area is 196 Å². The number of nitrogens with two attached hydrogens (primary N) is 1. The van der Waals surface area contributed by atoms with E-state index in [4.69, 9.17) is 11.1 Å². The van der Waals surface area contributed by atoms with Crippen molar-refractivity contribution in [3.63, 3.8) is 0 Å². The fraction of sp³-hybridized carbons (Fsp3) is 0.458. The number of hydrazone groups is 1. The van der Waals surface area contributed by atoms with Crippen molar-refractivity contribution in [2.45, 2.75) is 38.6 Å². The molecular formula is C24H27FN8O. The van der Waals surface area contributed by atoms with Gasteiger partial charge in [0.25, 0.3) is 5.91 Å². The standard InChI is InChI=1S/C24H27FN8O/c1-12-10-23(12)6-2-3-15-18-19(24(15,18)23)31-22-28-11-14(20(27)34)21(32-22)30-13-4-5-16(25)17(9-13)33-29-8-7-26/h4-5,7-9,11-12,15,18-19,26,33H,2-3,6,10H2,1H3,(H2,27,34)(H2,28,30,31,32)/b26-7?,29-8-/t12?,15?,18?,19?,23?,24-/m1/s1. The predicted molar refractivity (Wildman–Crippen MR) is 128 cm³/mol. The second-order valence-corrected chi connectivity index (χ2v) is 10.0. The second-order valence-electron chi connectivity index (χ2n) is 10.0. The number of primary amides is 1. The van der Waals surface area contributed by atoms with Gasteiger partial charge in [0.05, 0.1) is 11.9 Å². The molecule has 6 rings (SSSR count). The molecule has 10 heteroatoms. The molecule has 4 saturated carbocycles. The molecule has 1 amide bonds. The third kappa shape index (κ3) is 2.87. The maximum atomic E-state index is 14.1. The zero-order valence-electron chi connectivity index (χ0n) is 18.8. The Balaban J connectivity index is 1.23. The number of fused-ring (bicyclic) bond motifs is 1. The number of nitrogens with one attached hydrogen (secondary N) is 4. The lowest BCUT2D eigenvalue weighted by molar-refractivity contribution is 0.100. The van der Waals surface area contributed by atoms with Crippen LogP contribution in [-0.4, -0.2) is 34.3 Å². The van der Waals surface area contributed by atoms with Gasteiger partial charge in [-0.05, 0) is 60.6 Å². The van der Waals surface area contributed by atoms with Gasteiger partial charge in [0.1, 0.15) is 17.2 Å². The van der Waals surface area contributed by atoms with E-state index in [1.54, 1.807) is 0 Å². The normalized spacial score (nSPS) is 34.2. The lowest BCUT2D eigenvalue weighted by Gasteiger charge is -2.33. The Morgan fingerprint density at radius 1 is 1.41 bits per heavy atom. The number of rotatable bonds is 8. The van der Waals surface area contributed by atoms with Crippen molar-refractivity contribution in [3.05, 3.63) is 35.8 Å². The summed E-state index contributed by atoms with van der Waals surface area (Å²) in [5, 5.41) is 17.3. The van der Waals surface area contributed by atoms with Crippen LogP contribution in [0.25, 0.3) is 0 Å². The van der Waals surface area contributed by atoms with Crippen molar-refractivity contribution in [2.75, 3.05) is 16.1 Å². The molecular weight excluding hydrogens is 435 g/mol. The van der Waals surface area contributed by atoms with Crippen molar-refractivity contribution >= 4 is 41.5 Å². The monoisotopic (exact) mass is 462 g/mol. The maximum Gasteiger partial charge on any atom is 0.254 e. The molecule has 1 aromatic carbocycles. The van der Waals surface area contributed by atoms with Crippen LogP contribution in [-0.2, 0) is 0 Å². The fourth-order valence-electron chi connectivity index (χ4n) is 7.06. The van der Waals surface area contributed by atoms with Gasteiger partial charge in [0.2, 0.25) is 5.95 Å². The van der Waals surface area contributed by atoms with E-state index < -0.39 is 11.7 Å². The number of amides is 1. The number of hydrogen-bond donors (Lipinski definition) is 5. The van der Waals surface area contributed by atoms with E-state index in [9.17, 15) is 9.18 Å². The predicted octanol–water partition coefficient (Wildman–Crippen LogP) is 3.74. The Morgan fingerprint density at radius 2 is 2.24 bits per heavy atom. The van der Waals surface area contributed by atoms with Crippen molar-refractivity contribution in [3.8, 4) is 0 Å². The van der Waals surface area contributed by atoms with E-state index in [0.29, 0.717) is 34.4 Å². The Hall–Kier alpha value is -3.56. The van der Waals surface area contributed by atoms with Crippen molar-refractivity contribution in [2.24, 2.45) is 39.4 Å². The molecule has 1 aromatic heterocycles. The van der Waals surface area contributed by atoms with Crippen LogP contribution < -0.4 is 21.8 Å². The zero-order valence-corrected chi connectivity index (χ0v) is 18.8. The number of hydrogen-bond acceptors (Lipinski definition) is 8. The molecule has 4 aliphatic carbocycles. The second kappa shape index (κ2) is 7.22. The van der Waals surface area contributed by atoms with Gasteiger partial charge < -0.3 is 21.8 Å². The summed E-state index contributed by atoms with van der Waals surface area (Å²) in [7, 11) is 0. The number of nitrogens with zero attached hydrogens (tertiary/aromatic N) is 3. The summed E-state index contributed by atoms with van der Waals surface area (Å²) in [6.07, 6.45) is 8.94. The highest BCUT2D eigenvalue weighted by atomic mass is 19.1. The lowest BCUT2D eigenvalue weighted by atomic mass is 9.74. The molecule has 2 spiro atoms. The summed E-state index contributed by atoms with van der Waals surface area (Å²) in [6, 6.07) is 4.69. The molecule has 4 fully saturated rings. The van der Waals surface area contributed by atoms with E-state index >= 15 is 0 Å². The van der Waals surface area contributed by atoms with E-state index in [1.165, 1.54) is 56.3 Å². The highest BCUT2D eigenvalue weighted by molar-refractivity contribution is 6.14. The summed E-state index contributed by atoms with van der Waals surface area (Å²) in [5.74, 6) is 1.90. The SMILES string of the molecule is CC1CC12CCCC1C3C(Nc4ncc(C(N)=O)c(Nc5ccc(F)c(N/N=C\C=N)c5)n4)[C@@]132. The third-order valence-corrected chi connectivity index (χ3v) is 8.61. The number of aromatic nitrogens is 2.